The third-order valence-electron chi connectivity index (χ3n) is 9.57. The number of fused-ring (bicyclic) bond motifs is 5. The molecule has 0 amide bonds. The van der Waals surface area contributed by atoms with Gasteiger partial charge in [-0.15, -0.1) is 0 Å². The first-order valence-corrected chi connectivity index (χ1v) is 12.1. The summed E-state index contributed by atoms with van der Waals surface area (Å²) in [5, 5.41) is 10.5. The molecule has 166 valence electrons. The Kier molecular flexibility index (Phi) is 5.13. The highest BCUT2D eigenvalue weighted by Gasteiger charge is 2.62. The maximum absolute atomic E-state index is 13.1. The minimum Gasteiger partial charge on any atom is -0.504 e. The molecular formula is C25H36O5. The highest BCUT2D eigenvalue weighted by Crippen LogP contribution is 2.66. The van der Waals surface area contributed by atoms with Crippen LogP contribution in [0.3, 0.4) is 0 Å². The Bertz CT molecular complexity index is 766. The van der Waals surface area contributed by atoms with Gasteiger partial charge >= 0.3 is 0 Å². The van der Waals surface area contributed by atoms with E-state index in [0.717, 1.165) is 63.5 Å². The quantitative estimate of drug-likeness (QED) is 0.719. The van der Waals surface area contributed by atoms with Crippen LogP contribution in [0.1, 0.15) is 78.1 Å². The lowest BCUT2D eigenvalue weighted by atomic mass is 9.46. The van der Waals surface area contributed by atoms with Crippen molar-refractivity contribution in [2.75, 3.05) is 13.2 Å². The van der Waals surface area contributed by atoms with Crippen molar-refractivity contribution in [2.45, 2.75) is 84.3 Å². The molecule has 5 rings (SSSR count). The Morgan fingerprint density at radius 2 is 1.90 bits per heavy atom. The Labute approximate surface area is 179 Å². The summed E-state index contributed by atoms with van der Waals surface area (Å²) in [6, 6.07) is 0. The summed E-state index contributed by atoms with van der Waals surface area (Å²) >= 11 is 0. The van der Waals surface area contributed by atoms with Crippen molar-refractivity contribution in [1.82, 2.24) is 0 Å². The predicted octanol–water partition coefficient (Wildman–Crippen LogP) is 4.74. The molecule has 0 bridgehead atoms. The van der Waals surface area contributed by atoms with Gasteiger partial charge in [0.25, 0.3) is 0 Å². The molecule has 0 spiro atoms. The van der Waals surface area contributed by atoms with Crippen LogP contribution in [0.25, 0.3) is 0 Å². The first-order valence-electron chi connectivity index (χ1n) is 12.1. The van der Waals surface area contributed by atoms with E-state index in [0.29, 0.717) is 43.0 Å². The fourth-order valence-electron chi connectivity index (χ4n) is 7.97. The molecule has 1 aliphatic heterocycles. The van der Waals surface area contributed by atoms with Gasteiger partial charge in [0.15, 0.2) is 17.8 Å². The van der Waals surface area contributed by atoms with E-state index >= 15 is 0 Å². The second-order valence-corrected chi connectivity index (χ2v) is 11.0. The molecule has 3 saturated carbocycles. The number of Topliss-reactive ketones (excluding diaryl/α,β-unsaturated/α-hetero) is 2. The van der Waals surface area contributed by atoms with Gasteiger partial charge in [0.2, 0.25) is 0 Å². The topological polar surface area (TPSA) is 72.8 Å². The third kappa shape index (κ3) is 3.02. The van der Waals surface area contributed by atoms with Gasteiger partial charge in [-0.25, -0.2) is 0 Å². The molecule has 0 aromatic heterocycles. The van der Waals surface area contributed by atoms with Crippen LogP contribution in [0, 0.1) is 34.5 Å². The van der Waals surface area contributed by atoms with Gasteiger partial charge in [-0.1, -0.05) is 13.8 Å². The number of carbonyl (C=O) groups excluding carboxylic acids is 2. The summed E-state index contributed by atoms with van der Waals surface area (Å²) < 4.78 is 12.0. The zero-order valence-corrected chi connectivity index (χ0v) is 18.5. The van der Waals surface area contributed by atoms with Crippen molar-refractivity contribution >= 4 is 11.6 Å². The zero-order valence-electron chi connectivity index (χ0n) is 18.5. The number of allylic oxidation sites excluding steroid dienone is 1. The van der Waals surface area contributed by atoms with Crippen molar-refractivity contribution in [3.05, 3.63) is 11.3 Å². The van der Waals surface area contributed by atoms with Gasteiger partial charge in [0.05, 0.1) is 6.61 Å². The van der Waals surface area contributed by atoms with Crippen molar-refractivity contribution in [2.24, 2.45) is 34.5 Å². The first kappa shape index (κ1) is 20.7. The molecule has 1 unspecified atom stereocenters. The fraction of sp³-hybridized carbons (Fsp3) is 0.840. The predicted molar refractivity (Wildman–Crippen MR) is 112 cm³/mol. The molecule has 5 nitrogen and oxygen atoms in total. The van der Waals surface area contributed by atoms with Crippen molar-refractivity contribution in [1.29, 1.82) is 0 Å². The van der Waals surface area contributed by atoms with Crippen LogP contribution in [0.15, 0.2) is 11.3 Å². The summed E-state index contributed by atoms with van der Waals surface area (Å²) in [6.07, 6.45) is 8.70. The summed E-state index contributed by atoms with van der Waals surface area (Å²) in [5.74, 6) is 1.88. The number of ketones is 2. The summed E-state index contributed by atoms with van der Waals surface area (Å²) in [6.45, 7) is 5.85. The van der Waals surface area contributed by atoms with Gasteiger partial charge in [-0.05, 0) is 86.0 Å². The summed E-state index contributed by atoms with van der Waals surface area (Å²) in [7, 11) is 0. The number of aliphatic hydroxyl groups excluding tert-OH is 1. The van der Waals surface area contributed by atoms with Crippen LogP contribution in [0.2, 0.25) is 0 Å². The second kappa shape index (κ2) is 7.44. The van der Waals surface area contributed by atoms with Gasteiger partial charge in [0.1, 0.15) is 5.78 Å². The largest absolute Gasteiger partial charge is 0.504 e. The van der Waals surface area contributed by atoms with E-state index < -0.39 is 0 Å². The highest BCUT2D eigenvalue weighted by molar-refractivity contribution is 5.95. The van der Waals surface area contributed by atoms with Gasteiger partial charge in [-0.2, -0.15) is 0 Å². The number of ether oxygens (including phenoxy) is 2. The number of rotatable bonds is 3. The van der Waals surface area contributed by atoms with Gasteiger partial charge in [-0.3, -0.25) is 9.59 Å². The molecule has 1 N–H and O–H groups in total. The van der Waals surface area contributed by atoms with Crippen molar-refractivity contribution in [3.63, 3.8) is 0 Å². The maximum Gasteiger partial charge on any atom is 0.197 e. The summed E-state index contributed by atoms with van der Waals surface area (Å²) in [4.78, 5) is 25.3. The molecular weight excluding hydrogens is 380 g/mol. The fourth-order valence-corrected chi connectivity index (χ4v) is 7.97. The van der Waals surface area contributed by atoms with E-state index in [9.17, 15) is 14.7 Å². The number of hydrogen-bond donors (Lipinski definition) is 1. The van der Waals surface area contributed by atoms with Gasteiger partial charge in [0, 0.05) is 24.9 Å². The molecule has 0 radical (unpaired) electrons. The Balaban J connectivity index is 1.40. The highest BCUT2D eigenvalue weighted by atomic mass is 16.7. The molecule has 0 aromatic carbocycles. The van der Waals surface area contributed by atoms with Crippen LogP contribution in [-0.4, -0.2) is 36.2 Å². The van der Waals surface area contributed by atoms with Crippen LogP contribution in [0.4, 0.5) is 0 Å². The van der Waals surface area contributed by atoms with Crippen LogP contribution in [-0.2, 0) is 19.1 Å². The normalized spacial score (nSPS) is 46.4. The average molecular weight is 417 g/mol. The van der Waals surface area contributed by atoms with E-state index in [1.807, 2.05) is 0 Å². The van der Waals surface area contributed by atoms with E-state index in [4.69, 9.17) is 9.47 Å². The van der Waals surface area contributed by atoms with Crippen molar-refractivity contribution < 1.29 is 24.2 Å². The van der Waals surface area contributed by atoms with E-state index in [-0.39, 0.29) is 34.6 Å². The SMILES string of the molecule is C[C@]12CCC(=O)C(O)=C1CC[C@H]1[C@@H]3[C@@H](COC4CCCCO4)CC(=O)[C@@]3(C)CC[C@@H]12. The molecule has 4 fully saturated rings. The van der Waals surface area contributed by atoms with Crippen LogP contribution in [0.5, 0.6) is 0 Å². The zero-order chi connectivity index (χ0) is 21.1. The third-order valence-corrected chi connectivity index (χ3v) is 9.57. The lowest BCUT2D eigenvalue weighted by Crippen LogP contribution is -2.52. The minimum atomic E-state index is -0.243. The number of carbonyl (C=O) groups is 2. The lowest BCUT2D eigenvalue weighted by molar-refractivity contribution is -0.176. The molecule has 1 saturated heterocycles. The molecule has 30 heavy (non-hydrogen) atoms. The molecule has 5 aliphatic rings. The van der Waals surface area contributed by atoms with E-state index in [1.165, 1.54) is 0 Å². The Morgan fingerprint density at radius 1 is 1.07 bits per heavy atom. The average Bonchev–Trinajstić information content (AvgIpc) is 3.00. The molecule has 4 aliphatic carbocycles. The Hall–Kier alpha value is -1.20. The molecule has 5 heteroatoms. The molecule has 1 heterocycles. The molecule has 7 atom stereocenters. The van der Waals surface area contributed by atoms with Crippen LogP contribution < -0.4 is 0 Å². The smallest absolute Gasteiger partial charge is 0.197 e. The van der Waals surface area contributed by atoms with E-state index in [1.54, 1.807) is 0 Å². The standard InChI is InChI=1S/C25H36O5/c1-24-11-9-19(26)23(28)18(24)7-6-16-17(24)8-10-25(2)20(27)13-15(22(16)25)14-30-21-5-3-4-12-29-21/h15-17,21-22,28H,3-14H2,1-2H3/t15-,16-,17+,21?,22+,24-,25-/m1/s1. The number of aliphatic hydroxyl groups is 1. The lowest BCUT2D eigenvalue weighted by Gasteiger charge is -2.57. The molecule has 0 aromatic rings. The number of hydrogen-bond acceptors (Lipinski definition) is 5. The second-order valence-electron chi connectivity index (χ2n) is 11.0. The Morgan fingerprint density at radius 3 is 2.67 bits per heavy atom. The van der Waals surface area contributed by atoms with Crippen molar-refractivity contribution in [3.8, 4) is 0 Å². The van der Waals surface area contributed by atoms with Crippen LogP contribution >= 0.6 is 0 Å². The first-order chi connectivity index (χ1) is 14.3. The monoisotopic (exact) mass is 416 g/mol. The maximum atomic E-state index is 13.1. The summed E-state index contributed by atoms with van der Waals surface area (Å²) in [5.41, 5.74) is 0.648. The minimum absolute atomic E-state index is 0.0485. The van der Waals surface area contributed by atoms with E-state index in [2.05, 4.69) is 13.8 Å². The van der Waals surface area contributed by atoms with Gasteiger partial charge < -0.3 is 14.6 Å².